The van der Waals surface area contributed by atoms with Gasteiger partial charge in [0, 0.05) is 35.5 Å². The third kappa shape index (κ3) is 3.16. The summed E-state index contributed by atoms with van der Waals surface area (Å²) in [4.78, 5) is 6.46. The Labute approximate surface area is 112 Å². The molecule has 2 rings (SSSR count). The number of rotatable bonds is 2. The first-order valence-electron chi connectivity index (χ1n) is 6.17. The lowest BCUT2D eigenvalue weighted by Gasteiger charge is -2.24. The van der Waals surface area contributed by atoms with Crippen LogP contribution in [0.5, 0.6) is 0 Å². The van der Waals surface area contributed by atoms with E-state index in [9.17, 15) is 0 Å². The molecule has 1 saturated heterocycles. The lowest BCUT2D eigenvalue weighted by molar-refractivity contribution is 0.637. The van der Waals surface area contributed by atoms with Crippen molar-refractivity contribution in [3.8, 4) is 0 Å². The van der Waals surface area contributed by atoms with Crippen molar-refractivity contribution >= 4 is 23.3 Å². The van der Waals surface area contributed by atoms with Crippen LogP contribution in [-0.2, 0) is 0 Å². The van der Waals surface area contributed by atoms with Crippen LogP contribution in [0.25, 0.3) is 0 Å². The van der Waals surface area contributed by atoms with Crippen molar-refractivity contribution in [3.63, 3.8) is 0 Å². The Morgan fingerprint density at radius 1 is 1.50 bits per heavy atom. The monoisotopic (exact) mass is 264 g/mol. The van der Waals surface area contributed by atoms with E-state index in [-0.39, 0.29) is 5.84 Å². The standard InChI is InChI=1S/C13H20N4S/c1-13(2)4-6-17(7-8-18-13)10-3-5-16-11(9-10)12(14)15/h3,5,9H,4,6-8H2,1-2H3,(H3,14,15). The zero-order valence-electron chi connectivity index (χ0n) is 10.9. The molecule has 0 amide bonds. The molecule has 98 valence electrons. The molecule has 4 nitrogen and oxygen atoms in total. The number of thioether (sulfide) groups is 1. The molecule has 1 fully saturated rings. The Hall–Kier alpha value is -1.23. The van der Waals surface area contributed by atoms with E-state index < -0.39 is 0 Å². The molecule has 0 bridgehead atoms. The van der Waals surface area contributed by atoms with Crippen molar-refractivity contribution in [1.29, 1.82) is 5.41 Å². The topological polar surface area (TPSA) is 66.0 Å². The van der Waals surface area contributed by atoms with E-state index in [1.165, 1.54) is 0 Å². The molecule has 1 aliphatic rings. The highest BCUT2D eigenvalue weighted by molar-refractivity contribution is 8.00. The van der Waals surface area contributed by atoms with Crippen LogP contribution in [0.2, 0.25) is 0 Å². The van der Waals surface area contributed by atoms with Gasteiger partial charge in [0.2, 0.25) is 0 Å². The molecule has 0 aliphatic carbocycles. The van der Waals surface area contributed by atoms with Crippen molar-refractivity contribution in [3.05, 3.63) is 24.0 Å². The quantitative estimate of drug-likeness (QED) is 0.634. The van der Waals surface area contributed by atoms with E-state index in [1.807, 2.05) is 23.9 Å². The number of hydrogen-bond donors (Lipinski definition) is 2. The summed E-state index contributed by atoms with van der Waals surface area (Å²) < 4.78 is 0.352. The van der Waals surface area contributed by atoms with E-state index in [4.69, 9.17) is 11.1 Å². The van der Waals surface area contributed by atoms with E-state index in [0.717, 1.165) is 31.0 Å². The third-order valence-electron chi connectivity index (χ3n) is 3.22. The van der Waals surface area contributed by atoms with Gasteiger partial charge >= 0.3 is 0 Å². The first-order chi connectivity index (χ1) is 8.48. The SMILES string of the molecule is CC1(C)CCN(c2ccnc(C(=N)N)c2)CCS1. The lowest BCUT2D eigenvalue weighted by Crippen LogP contribution is -2.27. The summed E-state index contributed by atoms with van der Waals surface area (Å²) in [6, 6.07) is 3.90. The van der Waals surface area contributed by atoms with Crippen LogP contribution >= 0.6 is 11.8 Å². The van der Waals surface area contributed by atoms with Gasteiger partial charge in [0.1, 0.15) is 11.5 Å². The average Bonchev–Trinajstić information content (AvgIpc) is 2.50. The number of nitrogens with one attached hydrogen (secondary N) is 1. The van der Waals surface area contributed by atoms with Crippen LogP contribution in [0.15, 0.2) is 18.3 Å². The molecule has 0 atom stereocenters. The number of nitrogens with two attached hydrogens (primary N) is 1. The van der Waals surface area contributed by atoms with Gasteiger partial charge in [-0.15, -0.1) is 0 Å². The highest BCUT2D eigenvalue weighted by atomic mass is 32.2. The zero-order chi connectivity index (χ0) is 13.2. The summed E-state index contributed by atoms with van der Waals surface area (Å²) in [5.41, 5.74) is 7.16. The minimum absolute atomic E-state index is 0.0291. The van der Waals surface area contributed by atoms with Crippen molar-refractivity contribution < 1.29 is 0 Å². The zero-order valence-corrected chi connectivity index (χ0v) is 11.8. The van der Waals surface area contributed by atoms with Crippen LogP contribution in [0.4, 0.5) is 5.69 Å². The molecule has 0 saturated carbocycles. The van der Waals surface area contributed by atoms with E-state index in [2.05, 4.69) is 23.7 Å². The molecular formula is C13H20N4S. The Morgan fingerprint density at radius 2 is 2.28 bits per heavy atom. The second kappa shape index (κ2) is 5.18. The van der Waals surface area contributed by atoms with Crippen LogP contribution in [0.1, 0.15) is 26.0 Å². The van der Waals surface area contributed by atoms with Gasteiger partial charge in [-0.25, -0.2) is 0 Å². The van der Waals surface area contributed by atoms with Gasteiger partial charge in [-0.05, 0) is 18.6 Å². The fraction of sp³-hybridized carbons (Fsp3) is 0.538. The molecule has 0 spiro atoms. The number of nitrogen functional groups attached to an aromatic ring is 1. The predicted octanol–water partition coefficient (Wildman–Crippen LogP) is 2.09. The third-order valence-corrected chi connectivity index (χ3v) is 4.59. The second-order valence-electron chi connectivity index (χ2n) is 5.16. The molecule has 0 aromatic carbocycles. The minimum Gasteiger partial charge on any atom is -0.382 e. The molecular weight excluding hydrogens is 244 g/mol. The molecule has 3 N–H and O–H groups in total. The van der Waals surface area contributed by atoms with Gasteiger partial charge in [-0.3, -0.25) is 10.4 Å². The molecule has 2 heterocycles. The van der Waals surface area contributed by atoms with Crippen molar-refractivity contribution in [2.45, 2.75) is 25.0 Å². The molecule has 1 aromatic heterocycles. The first-order valence-corrected chi connectivity index (χ1v) is 7.16. The highest BCUT2D eigenvalue weighted by Gasteiger charge is 2.23. The fourth-order valence-electron chi connectivity index (χ4n) is 2.04. The van der Waals surface area contributed by atoms with Gasteiger partial charge in [0.15, 0.2) is 0 Å². The summed E-state index contributed by atoms with van der Waals surface area (Å²) >= 11 is 2.03. The summed E-state index contributed by atoms with van der Waals surface area (Å²) in [7, 11) is 0. The first kappa shape index (κ1) is 13.2. The van der Waals surface area contributed by atoms with Gasteiger partial charge < -0.3 is 10.6 Å². The summed E-state index contributed by atoms with van der Waals surface area (Å²) in [6.07, 6.45) is 2.89. The Morgan fingerprint density at radius 3 is 3.00 bits per heavy atom. The maximum atomic E-state index is 7.44. The number of pyridine rings is 1. The molecule has 5 heteroatoms. The average molecular weight is 264 g/mol. The molecule has 0 unspecified atom stereocenters. The predicted molar refractivity (Wildman–Crippen MR) is 78.6 cm³/mol. The number of amidine groups is 1. The maximum Gasteiger partial charge on any atom is 0.141 e. The Balaban J connectivity index is 2.16. The van der Waals surface area contributed by atoms with Crippen LogP contribution < -0.4 is 10.6 Å². The van der Waals surface area contributed by atoms with Crippen LogP contribution in [-0.4, -0.2) is 34.4 Å². The van der Waals surface area contributed by atoms with Gasteiger partial charge in [0.05, 0.1) is 0 Å². The van der Waals surface area contributed by atoms with E-state index in [0.29, 0.717) is 10.4 Å². The lowest BCUT2D eigenvalue weighted by atomic mass is 10.1. The van der Waals surface area contributed by atoms with E-state index in [1.54, 1.807) is 6.20 Å². The summed E-state index contributed by atoms with van der Waals surface area (Å²) in [5.74, 6) is 1.16. The fourth-order valence-corrected chi connectivity index (χ4v) is 3.14. The van der Waals surface area contributed by atoms with Crippen LogP contribution in [0.3, 0.4) is 0 Å². The number of aromatic nitrogens is 1. The largest absolute Gasteiger partial charge is 0.382 e. The minimum atomic E-state index is 0.0291. The number of hydrogen-bond acceptors (Lipinski definition) is 4. The molecule has 1 aromatic rings. The van der Waals surface area contributed by atoms with Crippen molar-refractivity contribution in [2.24, 2.45) is 5.73 Å². The van der Waals surface area contributed by atoms with Crippen molar-refractivity contribution in [2.75, 3.05) is 23.7 Å². The molecule has 18 heavy (non-hydrogen) atoms. The van der Waals surface area contributed by atoms with E-state index >= 15 is 0 Å². The number of nitrogens with zero attached hydrogens (tertiary/aromatic N) is 2. The maximum absolute atomic E-state index is 7.44. The number of anilines is 1. The normalized spacial score (nSPS) is 19.3. The summed E-state index contributed by atoms with van der Waals surface area (Å²) in [6.45, 7) is 6.68. The second-order valence-corrected chi connectivity index (χ2v) is 6.96. The van der Waals surface area contributed by atoms with Gasteiger partial charge in [-0.1, -0.05) is 13.8 Å². The molecule has 1 aliphatic heterocycles. The summed E-state index contributed by atoms with van der Waals surface area (Å²) in [5, 5.41) is 7.44. The van der Waals surface area contributed by atoms with Gasteiger partial charge in [-0.2, -0.15) is 11.8 Å². The van der Waals surface area contributed by atoms with Crippen molar-refractivity contribution in [1.82, 2.24) is 4.98 Å². The van der Waals surface area contributed by atoms with Crippen LogP contribution in [0, 0.1) is 5.41 Å². The van der Waals surface area contributed by atoms with Gasteiger partial charge in [0.25, 0.3) is 0 Å². The Kier molecular flexibility index (Phi) is 3.80. The smallest absolute Gasteiger partial charge is 0.141 e. The molecule has 0 radical (unpaired) electrons. The highest BCUT2D eigenvalue weighted by Crippen LogP contribution is 2.32. The Bertz CT molecular complexity index is 444.